The van der Waals surface area contributed by atoms with Gasteiger partial charge in [-0.3, -0.25) is 0 Å². The number of carboxylic acids is 2. The Kier molecular flexibility index (Phi) is 11.9. The van der Waals surface area contributed by atoms with Gasteiger partial charge in [0.15, 0.2) is 0 Å². The maximum atomic E-state index is 10.1. The van der Waals surface area contributed by atoms with Gasteiger partial charge in [0.25, 0.3) is 0 Å². The third kappa shape index (κ3) is 12.2. The molecule has 3 N–H and O–H groups in total. The molecule has 0 saturated carbocycles. The Morgan fingerprint density at radius 2 is 1.50 bits per heavy atom. The molecule has 0 rings (SSSR count). The van der Waals surface area contributed by atoms with Crippen molar-refractivity contribution in [3.8, 4) is 0 Å². The first-order valence-electron chi connectivity index (χ1n) is 5.38. The molecule has 0 aromatic carbocycles. The van der Waals surface area contributed by atoms with Crippen molar-refractivity contribution in [2.75, 3.05) is 6.61 Å². The molecule has 5 nitrogen and oxygen atoms in total. The molecule has 0 spiro atoms. The summed E-state index contributed by atoms with van der Waals surface area (Å²) in [7, 11) is 0. The molecule has 0 amide bonds. The Morgan fingerprint density at radius 3 is 1.83 bits per heavy atom. The highest BCUT2D eigenvalue weighted by Crippen LogP contribution is 1.94. The van der Waals surface area contributed by atoms with E-state index >= 15 is 0 Å². The van der Waals surface area contributed by atoms with E-state index in [1.165, 1.54) is 13.0 Å². The van der Waals surface area contributed by atoms with Gasteiger partial charge in [-0.2, -0.15) is 0 Å². The predicted octanol–water partition coefficient (Wildman–Crippen LogP) is 1.99. The fourth-order valence-corrected chi connectivity index (χ4v) is 0.716. The SMILES string of the molecule is C/C(=C\CCO)C(=O)O.C=CC/C=C(\C)C(=O)O. The van der Waals surface area contributed by atoms with E-state index in [2.05, 4.69) is 6.58 Å². The molecular formula is C13H20O5. The van der Waals surface area contributed by atoms with E-state index in [0.29, 0.717) is 18.4 Å². The second-order valence-corrected chi connectivity index (χ2v) is 3.42. The minimum atomic E-state index is -0.927. The summed E-state index contributed by atoms with van der Waals surface area (Å²) < 4.78 is 0. The van der Waals surface area contributed by atoms with E-state index in [0.717, 1.165) is 0 Å². The zero-order valence-electron chi connectivity index (χ0n) is 10.7. The fourth-order valence-electron chi connectivity index (χ4n) is 0.716. The lowest BCUT2D eigenvalue weighted by Crippen LogP contribution is -1.95. The molecule has 0 aliphatic carbocycles. The summed E-state index contributed by atoms with van der Waals surface area (Å²) in [6, 6.07) is 0. The number of carbonyl (C=O) groups is 2. The van der Waals surface area contributed by atoms with Crippen LogP contribution in [0.5, 0.6) is 0 Å². The van der Waals surface area contributed by atoms with Crippen LogP contribution < -0.4 is 0 Å². The van der Waals surface area contributed by atoms with Crippen molar-refractivity contribution in [1.29, 1.82) is 0 Å². The van der Waals surface area contributed by atoms with E-state index in [1.54, 1.807) is 19.1 Å². The van der Waals surface area contributed by atoms with Crippen LogP contribution in [-0.2, 0) is 9.59 Å². The molecule has 102 valence electrons. The average molecular weight is 256 g/mol. The maximum absolute atomic E-state index is 10.1. The zero-order chi connectivity index (χ0) is 14.6. The lowest BCUT2D eigenvalue weighted by Gasteiger charge is -1.89. The van der Waals surface area contributed by atoms with Crippen molar-refractivity contribution >= 4 is 11.9 Å². The second-order valence-electron chi connectivity index (χ2n) is 3.42. The normalized spacial score (nSPS) is 11.3. The Balaban J connectivity index is 0. The van der Waals surface area contributed by atoms with Crippen LogP contribution in [0.3, 0.4) is 0 Å². The summed E-state index contributed by atoms with van der Waals surface area (Å²) in [5.41, 5.74) is 0.652. The second kappa shape index (κ2) is 11.6. The molecule has 18 heavy (non-hydrogen) atoms. The molecule has 0 atom stereocenters. The number of aliphatic hydroxyl groups is 1. The summed E-state index contributed by atoms with van der Waals surface area (Å²) in [5, 5.41) is 24.8. The highest BCUT2D eigenvalue weighted by atomic mass is 16.4. The minimum absolute atomic E-state index is 0.00458. The van der Waals surface area contributed by atoms with E-state index in [9.17, 15) is 9.59 Å². The van der Waals surface area contributed by atoms with Crippen LogP contribution in [0.25, 0.3) is 0 Å². The van der Waals surface area contributed by atoms with Crippen molar-refractivity contribution in [1.82, 2.24) is 0 Å². The standard InChI is InChI=1S/C7H10O2.C6H10O3/c1-3-4-5-6(2)7(8)9;1-5(6(8)9)3-2-4-7/h3,5H,1,4H2,2H3,(H,8,9);3,7H,2,4H2,1H3,(H,8,9)/b6-5+;5-3+. The van der Waals surface area contributed by atoms with Gasteiger partial charge in [-0.1, -0.05) is 18.2 Å². The molecule has 0 aromatic rings. The number of hydrogen-bond acceptors (Lipinski definition) is 3. The molecule has 0 heterocycles. The fraction of sp³-hybridized carbons (Fsp3) is 0.385. The predicted molar refractivity (Wildman–Crippen MR) is 69.3 cm³/mol. The van der Waals surface area contributed by atoms with Crippen LogP contribution in [0.15, 0.2) is 36.0 Å². The van der Waals surface area contributed by atoms with E-state index in [4.69, 9.17) is 15.3 Å². The summed E-state index contributed by atoms with van der Waals surface area (Å²) >= 11 is 0. The average Bonchev–Trinajstić information content (AvgIpc) is 2.33. The minimum Gasteiger partial charge on any atom is -0.478 e. The van der Waals surface area contributed by atoms with Gasteiger partial charge in [0.2, 0.25) is 0 Å². The molecule has 0 bridgehead atoms. The van der Waals surface area contributed by atoms with Crippen molar-refractivity contribution in [2.45, 2.75) is 26.7 Å². The van der Waals surface area contributed by atoms with Gasteiger partial charge >= 0.3 is 11.9 Å². The quantitative estimate of drug-likeness (QED) is 0.499. The summed E-state index contributed by atoms with van der Waals surface area (Å²) in [6.07, 6.45) is 5.81. The zero-order valence-corrected chi connectivity index (χ0v) is 10.7. The van der Waals surface area contributed by atoms with E-state index in [-0.39, 0.29) is 12.2 Å². The van der Waals surface area contributed by atoms with E-state index in [1.807, 2.05) is 0 Å². The summed E-state index contributed by atoms with van der Waals surface area (Å²) in [4.78, 5) is 20.2. The molecule has 0 radical (unpaired) electrons. The highest BCUT2D eigenvalue weighted by molar-refractivity contribution is 5.86. The Hall–Kier alpha value is -1.88. The summed E-state index contributed by atoms with van der Waals surface area (Å²) in [6.45, 7) is 6.52. The topological polar surface area (TPSA) is 94.8 Å². The van der Waals surface area contributed by atoms with Crippen molar-refractivity contribution in [3.63, 3.8) is 0 Å². The van der Waals surface area contributed by atoms with Crippen LogP contribution in [0.1, 0.15) is 26.7 Å². The van der Waals surface area contributed by atoms with Crippen LogP contribution in [0.2, 0.25) is 0 Å². The molecule has 0 aromatic heterocycles. The number of carboxylic acid groups (broad SMARTS) is 2. The molecule has 5 heteroatoms. The van der Waals surface area contributed by atoms with Gasteiger partial charge in [-0.25, -0.2) is 9.59 Å². The summed E-state index contributed by atoms with van der Waals surface area (Å²) in [5.74, 6) is -1.79. The third-order valence-corrected chi connectivity index (χ3v) is 1.85. The number of aliphatic hydroxyl groups excluding tert-OH is 1. The number of aliphatic carboxylic acids is 2. The Bertz CT molecular complexity index is 339. The molecule has 0 aliphatic rings. The molecule has 0 unspecified atom stereocenters. The molecule has 0 aliphatic heterocycles. The first kappa shape index (κ1) is 18.5. The molecular weight excluding hydrogens is 236 g/mol. The molecule has 0 fully saturated rings. The third-order valence-electron chi connectivity index (χ3n) is 1.85. The maximum Gasteiger partial charge on any atom is 0.330 e. The number of hydrogen-bond donors (Lipinski definition) is 3. The van der Waals surface area contributed by atoms with Gasteiger partial charge in [0.05, 0.1) is 0 Å². The van der Waals surface area contributed by atoms with Crippen molar-refractivity contribution < 1.29 is 24.9 Å². The lowest BCUT2D eigenvalue weighted by atomic mass is 10.2. The highest BCUT2D eigenvalue weighted by Gasteiger charge is 1.96. The Morgan fingerprint density at radius 1 is 1.06 bits per heavy atom. The van der Waals surface area contributed by atoms with Gasteiger partial charge in [-0.15, -0.1) is 6.58 Å². The molecule has 0 saturated heterocycles. The van der Waals surface area contributed by atoms with Crippen LogP contribution in [-0.4, -0.2) is 33.9 Å². The first-order chi connectivity index (χ1) is 8.36. The smallest absolute Gasteiger partial charge is 0.330 e. The van der Waals surface area contributed by atoms with Crippen LogP contribution in [0.4, 0.5) is 0 Å². The van der Waals surface area contributed by atoms with Gasteiger partial charge in [0, 0.05) is 17.8 Å². The van der Waals surface area contributed by atoms with E-state index < -0.39 is 11.9 Å². The first-order valence-corrected chi connectivity index (χ1v) is 5.38. The number of allylic oxidation sites excluding steroid dienone is 2. The van der Waals surface area contributed by atoms with Crippen LogP contribution in [0, 0.1) is 0 Å². The number of rotatable bonds is 6. The van der Waals surface area contributed by atoms with Gasteiger partial charge in [-0.05, 0) is 26.7 Å². The lowest BCUT2D eigenvalue weighted by molar-refractivity contribution is -0.133. The van der Waals surface area contributed by atoms with Gasteiger partial charge < -0.3 is 15.3 Å². The Labute approximate surface area is 107 Å². The monoisotopic (exact) mass is 256 g/mol. The van der Waals surface area contributed by atoms with Crippen LogP contribution >= 0.6 is 0 Å². The van der Waals surface area contributed by atoms with Crippen molar-refractivity contribution in [3.05, 3.63) is 36.0 Å². The van der Waals surface area contributed by atoms with Gasteiger partial charge in [0.1, 0.15) is 0 Å². The van der Waals surface area contributed by atoms with Crippen molar-refractivity contribution in [2.24, 2.45) is 0 Å². The largest absolute Gasteiger partial charge is 0.478 e.